The van der Waals surface area contributed by atoms with Gasteiger partial charge < -0.3 is 38.3 Å². The first kappa shape index (κ1) is 26.1. The Kier molecular flexibility index (Phi) is 12.0. The van der Waals surface area contributed by atoms with E-state index in [-0.39, 0.29) is 37.8 Å². The highest BCUT2D eigenvalue weighted by molar-refractivity contribution is 5.93. The number of aliphatic imine (C=N–C) groups is 1. The predicted molar refractivity (Wildman–Crippen MR) is 108 cm³/mol. The van der Waals surface area contributed by atoms with Crippen LogP contribution >= 0.6 is 0 Å². The lowest BCUT2D eigenvalue weighted by Gasteiger charge is -2.23. The molecule has 166 valence electrons. The van der Waals surface area contributed by atoms with Gasteiger partial charge in [-0.1, -0.05) is 13.8 Å². The van der Waals surface area contributed by atoms with Crippen molar-refractivity contribution in [1.82, 2.24) is 16.0 Å². The quantitative estimate of drug-likeness (QED) is 0.0975. The predicted octanol–water partition coefficient (Wildman–Crippen LogP) is -2.40. The molecule has 3 atom stereocenters. The van der Waals surface area contributed by atoms with Crippen LogP contribution in [0.5, 0.6) is 0 Å². The zero-order valence-electron chi connectivity index (χ0n) is 17.1. The summed E-state index contributed by atoms with van der Waals surface area (Å²) in [7, 11) is 0. The van der Waals surface area contributed by atoms with Crippen molar-refractivity contribution < 1.29 is 24.3 Å². The number of hydrogen-bond acceptors (Lipinski definition) is 6. The van der Waals surface area contributed by atoms with E-state index in [2.05, 4.69) is 20.9 Å². The van der Waals surface area contributed by atoms with Gasteiger partial charge in [-0.25, -0.2) is 4.79 Å². The summed E-state index contributed by atoms with van der Waals surface area (Å²) < 4.78 is 0. The van der Waals surface area contributed by atoms with Crippen molar-refractivity contribution in [1.29, 1.82) is 0 Å². The molecule has 12 nitrogen and oxygen atoms in total. The number of carboxylic acids is 1. The largest absolute Gasteiger partial charge is 0.480 e. The lowest BCUT2D eigenvalue weighted by Crippen LogP contribution is -2.55. The molecule has 0 spiro atoms. The molecule has 0 aliphatic carbocycles. The normalized spacial score (nSPS) is 13.7. The molecule has 3 amide bonds. The molecule has 0 heterocycles. The number of carboxylic acid groups (broad SMARTS) is 1. The van der Waals surface area contributed by atoms with Gasteiger partial charge in [-0.3, -0.25) is 19.4 Å². The van der Waals surface area contributed by atoms with Crippen molar-refractivity contribution in [2.75, 3.05) is 13.1 Å². The number of amides is 3. The van der Waals surface area contributed by atoms with Crippen molar-refractivity contribution in [3.63, 3.8) is 0 Å². The molecule has 0 saturated carbocycles. The average molecular weight is 415 g/mol. The lowest BCUT2D eigenvalue weighted by atomic mass is 10.0. The molecule has 0 aromatic carbocycles. The molecule has 29 heavy (non-hydrogen) atoms. The minimum Gasteiger partial charge on any atom is -0.480 e. The first-order valence-electron chi connectivity index (χ1n) is 9.36. The molecule has 0 bridgehead atoms. The molecule has 10 N–H and O–H groups in total. The molecule has 0 saturated heterocycles. The standard InChI is InChI=1S/C17H33N7O5/c1-9(2)7-12(16(28)29)24-15(27)11(5-4-6-21-17(19)20)23-14(26)10(3)22-13(25)8-18/h9-12H,4-8,18H2,1-3H3,(H,22,25)(H,23,26)(H,24,27)(H,28,29)(H4,19,20,21). The van der Waals surface area contributed by atoms with Crippen LogP contribution in [0.3, 0.4) is 0 Å². The fraction of sp³-hybridized carbons (Fsp3) is 0.706. The third-order valence-corrected chi connectivity index (χ3v) is 3.86. The number of carbonyl (C=O) groups is 4. The zero-order valence-corrected chi connectivity index (χ0v) is 17.1. The van der Waals surface area contributed by atoms with E-state index < -0.39 is 41.8 Å². The third-order valence-electron chi connectivity index (χ3n) is 3.86. The van der Waals surface area contributed by atoms with Crippen LogP contribution in [-0.4, -0.2) is 66.0 Å². The van der Waals surface area contributed by atoms with Crippen LogP contribution < -0.4 is 33.2 Å². The Morgan fingerprint density at radius 1 is 0.966 bits per heavy atom. The molecule has 0 aliphatic heterocycles. The fourth-order valence-corrected chi connectivity index (χ4v) is 2.40. The maximum absolute atomic E-state index is 12.6. The van der Waals surface area contributed by atoms with E-state index in [0.717, 1.165) is 0 Å². The van der Waals surface area contributed by atoms with Crippen molar-refractivity contribution in [2.45, 2.75) is 58.2 Å². The summed E-state index contributed by atoms with van der Waals surface area (Å²) in [5, 5.41) is 16.7. The summed E-state index contributed by atoms with van der Waals surface area (Å²) in [6.07, 6.45) is 0.764. The van der Waals surface area contributed by atoms with Crippen LogP contribution in [-0.2, 0) is 19.2 Å². The van der Waals surface area contributed by atoms with E-state index in [0.29, 0.717) is 6.42 Å². The number of nitrogens with zero attached hydrogens (tertiary/aromatic N) is 1. The van der Waals surface area contributed by atoms with Gasteiger partial charge in [0.25, 0.3) is 0 Å². The van der Waals surface area contributed by atoms with E-state index >= 15 is 0 Å². The molecule has 0 aliphatic rings. The van der Waals surface area contributed by atoms with Gasteiger partial charge in [0, 0.05) is 6.54 Å². The van der Waals surface area contributed by atoms with E-state index in [9.17, 15) is 24.3 Å². The Morgan fingerprint density at radius 3 is 2.03 bits per heavy atom. The lowest BCUT2D eigenvalue weighted by molar-refractivity contribution is -0.142. The third kappa shape index (κ3) is 11.5. The van der Waals surface area contributed by atoms with Crippen molar-refractivity contribution in [3.8, 4) is 0 Å². The Bertz CT molecular complexity index is 605. The topological polar surface area (TPSA) is 215 Å². The summed E-state index contributed by atoms with van der Waals surface area (Å²) in [4.78, 5) is 51.5. The highest BCUT2D eigenvalue weighted by atomic mass is 16.4. The smallest absolute Gasteiger partial charge is 0.326 e. The Balaban J connectivity index is 5.16. The zero-order chi connectivity index (χ0) is 22.6. The van der Waals surface area contributed by atoms with Crippen LogP contribution in [0.2, 0.25) is 0 Å². The van der Waals surface area contributed by atoms with Crippen LogP contribution in [0.15, 0.2) is 4.99 Å². The number of carbonyl (C=O) groups excluding carboxylic acids is 3. The van der Waals surface area contributed by atoms with Gasteiger partial charge in [-0.15, -0.1) is 0 Å². The molecule has 0 fully saturated rings. The molecule has 12 heteroatoms. The van der Waals surface area contributed by atoms with Gasteiger partial charge in [0.15, 0.2) is 5.96 Å². The molecule has 0 radical (unpaired) electrons. The van der Waals surface area contributed by atoms with Crippen LogP contribution in [0, 0.1) is 5.92 Å². The number of hydrogen-bond donors (Lipinski definition) is 7. The van der Waals surface area contributed by atoms with Crippen LogP contribution in [0.1, 0.15) is 40.0 Å². The fourth-order valence-electron chi connectivity index (χ4n) is 2.40. The Morgan fingerprint density at radius 2 is 1.55 bits per heavy atom. The minimum absolute atomic E-state index is 0.0396. The van der Waals surface area contributed by atoms with Gasteiger partial charge in [0.2, 0.25) is 17.7 Å². The molecular formula is C17H33N7O5. The summed E-state index contributed by atoms with van der Waals surface area (Å²) in [5.41, 5.74) is 15.7. The summed E-state index contributed by atoms with van der Waals surface area (Å²) in [6.45, 7) is 5.05. The second-order valence-corrected chi connectivity index (χ2v) is 7.03. The first-order chi connectivity index (χ1) is 13.5. The SMILES string of the molecule is CC(C)CC(NC(=O)C(CCCN=C(N)N)NC(=O)C(C)NC(=O)CN)C(=O)O. The number of rotatable bonds is 13. The van der Waals surface area contributed by atoms with Gasteiger partial charge in [0.05, 0.1) is 6.54 Å². The first-order valence-corrected chi connectivity index (χ1v) is 9.36. The number of nitrogens with one attached hydrogen (secondary N) is 3. The van der Waals surface area contributed by atoms with Crippen molar-refractivity contribution in [2.24, 2.45) is 28.1 Å². The monoisotopic (exact) mass is 415 g/mol. The highest BCUT2D eigenvalue weighted by Gasteiger charge is 2.28. The number of aliphatic carboxylic acids is 1. The van der Waals surface area contributed by atoms with Crippen LogP contribution in [0.25, 0.3) is 0 Å². The van der Waals surface area contributed by atoms with Gasteiger partial charge in [-0.05, 0) is 32.1 Å². The number of nitrogens with two attached hydrogens (primary N) is 3. The van der Waals surface area contributed by atoms with Gasteiger partial charge >= 0.3 is 5.97 Å². The summed E-state index contributed by atoms with van der Waals surface area (Å²) in [6, 6.07) is -3.04. The molecule has 3 unspecified atom stereocenters. The van der Waals surface area contributed by atoms with E-state index in [1.807, 2.05) is 13.8 Å². The number of guanidine groups is 1. The molecule has 0 aromatic heterocycles. The van der Waals surface area contributed by atoms with Crippen molar-refractivity contribution >= 4 is 29.7 Å². The van der Waals surface area contributed by atoms with Gasteiger partial charge in [0.1, 0.15) is 18.1 Å². The maximum atomic E-state index is 12.6. The molecule has 0 aromatic rings. The average Bonchev–Trinajstić information content (AvgIpc) is 2.62. The second kappa shape index (κ2) is 13.3. The van der Waals surface area contributed by atoms with E-state index in [1.165, 1.54) is 6.92 Å². The Hall–Kier alpha value is -2.89. The van der Waals surface area contributed by atoms with E-state index in [1.54, 1.807) is 0 Å². The van der Waals surface area contributed by atoms with Gasteiger partial charge in [-0.2, -0.15) is 0 Å². The second-order valence-electron chi connectivity index (χ2n) is 7.03. The highest BCUT2D eigenvalue weighted by Crippen LogP contribution is 2.07. The maximum Gasteiger partial charge on any atom is 0.326 e. The Labute approximate surface area is 170 Å². The van der Waals surface area contributed by atoms with Crippen molar-refractivity contribution in [3.05, 3.63) is 0 Å². The molecular weight excluding hydrogens is 382 g/mol. The van der Waals surface area contributed by atoms with E-state index in [4.69, 9.17) is 17.2 Å². The summed E-state index contributed by atoms with van der Waals surface area (Å²) in [5.74, 6) is -3.00. The minimum atomic E-state index is -1.17. The summed E-state index contributed by atoms with van der Waals surface area (Å²) >= 11 is 0. The molecule has 0 rings (SSSR count). The van der Waals surface area contributed by atoms with Crippen LogP contribution in [0.4, 0.5) is 0 Å².